The summed E-state index contributed by atoms with van der Waals surface area (Å²) >= 11 is 6.03. The van der Waals surface area contributed by atoms with Crippen molar-refractivity contribution in [2.45, 2.75) is 6.92 Å². The number of carbonyl (C=O) groups excluding carboxylic acids is 2. The maximum absolute atomic E-state index is 13.1. The number of hydrogen-bond donors (Lipinski definition) is 2. The number of anilines is 2. The van der Waals surface area contributed by atoms with Crippen LogP contribution in [0.3, 0.4) is 0 Å². The van der Waals surface area contributed by atoms with E-state index in [1.54, 1.807) is 61.1 Å². The Balaban J connectivity index is 1.46. The van der Waals surface area contributed by atoms with Gasteiger partial charge in [0.1, 0.15) is 11.4 Å². The number of aromatic nitrogens is 2. The van der Waals surface area contributed by atoms with Crippen LogP contribution in [-0.2, 0) is 11.8 Å². The first-order valence-electron chi connectivity index (χ1n) is 10.8. The molecule has 1 heterocycles. The number of nitrogens with one attached hydrogen (secondary N) is 2. The largest absolute Gasteiger partial charge is 0.482 e. The van der Waals surface area contributed by atoms with Crippen LogP contribution in [0.1, 0.15) is 16.1 Å². The van der Waals surface area contributed by atoms with E-state index in [9.17, 15) is 14.4 Å². The summed E-state index contributed by atoms with van der Waals surface area (Å²) in [6.07, 6.45) is 0. The van der Waals surface area contributed by atoms with Crippen molar-refractivity contribution in [1.82, 2.24) is 9.36 Å². The van der Waals surface area contributed by atoms with E-state index in [0.29, 0.717) is 27.8 Å². The number of nitrogens with zero attached hydrogens (tertiary/aromatic N) is 2. The molecular formula is C26H23ClN4O4. The number of ether oxygens (including phenoxy) is 1. The predicted molar refractivity (Wildman–Crippen MR) is 136 cm³/mol. The molecule has 0 saturated heterocycles. The van der Waals surface area contributed by atoms with Gasteiger partial charge >= 0.3 is 0 Å². The van der Waals surface area contributed by atoms with Gasteiger partial charge in [0, 0.05) is 18.3 Å². The summed E-state index contributed by atoms with van der Waals surface area (Å²) in [5, 5.41) is 5.81. The monoisotopic (exact) mass is 490 g/mol. The van der Waals surface area contributed by atoms with Gasteiger partial charge in [0.15, 0.2) is 6.61 Å². The minimum absolute atomic E-state index is 0.184. The molecule has 0 aliphatic carbocycles. The van der Waals surface area contributed by atoms with Gasteiger partial charge in [-0.05, 0) is 49.4 Å². The Kier molecular flexibility index (Phi) is 7.03. The van der Waals surface area contributed by atoms with Gasteiger partial charge in [-0.3, -0.25) is 19.1 Å². The molecule has 0 bridgehead atoms. The van der Waals surface area contributed by atoms with Gasteiger partial charge in [0.25, 0.3) is 17.4 Å². The molecular weight excluding hydrogens is 468 g/mol. The SMILES string of the molecule is Cc1c(NC(=O)c2cccc(NC(=O)COc3ccccc3Cl)c2)c(=O)n(-c2ccccc2)n1C. The number of rotatable bonds is 7. The molecule has 0 aliphatic heterocycles. The zero-order valence-corrected chi connectivity index (χ0v) is 19.9. The summed E-state index contributed by atoms with van der Waals surface area (Å²) in [5.74, 6) is -0.483. The average Bonchev–Trinajstić information content (AvgIpc) is 3.07. The van der Waals surface area contributed by atoms with Crippen molar-refractivity contribution < 1.29 is 14.3 Å². The number of benzene rings is 3. The van der Waals surface area contributed by atoms with E-state index >= 15 is 0 Å². The Morgan fingerprint density at radius 1 is 0.943 bits per heavy atom. The van der Waals surface area contributed by atoms with E-state index < -0.39 is 11.8 Å². The lowest BCUT2D eigenvalue weighted by molar-refractivity contribution is -0.118. The first kappa shape index (κ1) is 23.8. The van der Waals surface area contributed by atoms with Crippen molar-refractivity contribution >= 4 is 34.8 Å². The molecule has 9 heteroatoms. The minimum Gasteiger partial charge on any atom is -0.482 e. The van der Waals surface area contributed by atoms with Crippen molar-refractivity contribution in [3.63, 3.8) is 0 Å². The quantitative estimate of drug-likeness (QED) is 0.401. The molecule has 0 unspecified atom stereocenters. The van der Waals surface area contributed by atoms with Crippen molar-refractivity contribution in [3.05, 3.63) is 105 Å². The average molecular weight is 491 g/mol. The number of halogens is 1. The third-order valence-electron chi connectivity index (χ3n) is 5.40. The van der Waals surface area contributed by atoms with Crippen LogP contribution in [0.4, 0.5) is 11.4 Å². The highest BCUT2D eigenvalue weighted by molar-refractivity contribution is 6.32. The molecule has 0 saturated carbocycles. The third kappa shape index (κ3) is 5.28. The molecule has 0 fully saturated rings. The van der Waals surface area contributed by atoms with Crippen LogP contribution in [-0.4, -0.2) is 27.8 Å². The maximum Gasteiger partial charge on any atom is 0.295 e. The van der Waals surface area contributed by atoms with E-state index in [1.807, 2.05) is 30.3 Å². The first-order valence-corrected chi connectivity index (χ1v) is 11.2. The lowest BCUT2D eigenvalue weighted by Crippen LogP contribution is -2.23. The van der Waals surface area contributed by atoms with Gasteiger partial charge < -0.3 is 15.4 Å². The number of amides is 2. The predicted octanol–water partition coefficient (Wildman–Crippen LogP) is 4.41. The molecule has 1 aromatic heterocycles. The highest BCUT2D eigenvalue weighted by Gasteiger charge is 2.19. The number of hydrogen-bond acceptors (Lipinski definition) is 4. The van der Waals surface area contributed by atoms with Crippen molar-refractivity contribution in [1.29, 1.82) is 0 Å². The fraction of sp³-hybridized carbons (Fsp3) is 0.115. The highest BCUT2D eigenvalue weighted by atomic mass is 35.5. The summed E-state index contributed by atoms with van der Waals surface area (Å²) in [5.41, 5.74) is 1.83. The lowest BCUT2D eigenvalue weighted by atomic mass is 10.2. The normalized spacial score (nSPS) is 10.6. The Labute approximate surface area is 206 Å². The Hall–Kier alpha value is -4.30. The van der Waals surface area contributed by atoms with Crippen LogP contribution in [0.25, 0.3) is 5.69 Å². The van der Waals surface area contributed by atoms with Crippen molar-refractivity contribution in [2.24, 2.45) is 7.05 Å². The van der Waals surface area contributed by atoms with E-state index in [-0.39, 0.29) is 23.4 Å². The maximum atomic E-state index is 13.1. The topological polar surface area (TPSA) is 94.4 Å². The molecule has 4 rings (SSSR count). The second kappa shape index (κ2) is 10.3. The van der Waals surface area contributed by atoms with Gasteiger partial charge in [-0.15, -0.1) is 0 Å². The van der Waals surface area contributed by atoms with E-state index in [2.05, 4.69) is 10.6 Å². The standard InChI is InChI=1S/C26H23ClN4O4/c1-17-24(26(34)31(30(17)2)20-11-4-3-5-12-20)29-25(33)18-9-8-10-19(15-18)28-23(32)16-35-22-14-7-6-13-21(22)27/h3-15H,16H2,1-2H3,(H,28,32)(H,29,33). The highest BCUT2D eigenvalue weighted by Crippen LogP contribution is 2.23. The van der Waals surface area contributed by atoms with Gasteiger partial charge in [0.05, 0.1) is 16.4 Å². The molecule has 0 radical (unpaired) electrons. The molecule has 2 amide bonds. The lowest BCUT2D eigenvalue weighted by Gasteiger charge is -2.10. The molecule has 0 atom stereocenters. The van der Waals surface area contributed by atoms with Gasteiger partial charge in [-0.2, -0.15) is 0 Å². The molecule has 2 N–H and O–H groups in total. The molecule has 0 spiro atoms. The minimum atomic E-state index is -0.473. The van der Waals surface area contributed by atoms with E-state index in [0.717, 1.165) is 0 Å². The second-order valence-corrected chi connectivity index (χ2v) is 8.15. The van der Waals surface area contributed by atoms with Crippen molar-refractivity contribution in [3.8, 4) is 11.4 Å². The Morgan fingerprint density at radius 2 is 1.66 bits per heavy atom. The number of carbonyl (C=O) groups is 2. The zero-order chi connectivity index (χ0) is 24.9. The van der Waals surface area contributed by atoms with Crippen LogP contribution in [0.5, 0.6) is 5.75 Å². The van der Waals surface area contributed by atoms with Crippen LogP contribution in [0, 0.1) is 6.92 Å². The van der Waals surface area contributed by atoms with Gasteiger partial charge in [-0.25, -0.2) is 4.68 Å². The molecule has 178 valence electrons. The summed E-state index contributed by atoms with van der Waals surface area (Å²) in [4.78, 5) is 38.3. The van der Waals surface area contributed by atoms with E-state index in [4.69, 9.17) is 16.3 Å². The molecule has 8 nitrogen and oxygen atoms in total. The zero-order valence-electron chi connectivity index (χ0n) is 19.1. The molecule has 3 aromatic carbocycles. The number of para-hydroxylation sites is 2. The first-order chi connectivity index (χ1) is 16.8. The summed E-state index contributed by atoms with van der Waals surface area (Å²) < 4.78 is 8.61. The van der Waals surface area contributed by atoms with Crippen molar-refractivity contribution in [2.75, 3.05) is 17.2 Å². The van der Waals surface area contributed by atoms with Crippen LogP contribution in [0.15, 0.2) is 83.7 Å². The van der Waals surface area contributed by atoms with Crippen LogP contribution >= 0.6 is 11.6 Å². The smallest absolute Gasteiger partial charge is 0.295 e. The van der Waals surface area contributed by atoms with Gasteiger partial charge in [0.2, 0.25) is 0 Å². The van der Waals surface area contributed by atoms with E-state index in [1.165, 1.54) is 10.7 Å². The third-order valence-corrected chi connectivity index (χ3v) is 5.71. The Morgan fingerprint density at radius 3 is 2.40 bits per heavy atom. The fourth-order valence-corrected chi connectivity index (χ4v) is 3.73. The summed E-state index contributed by atoms with van der Waals surface area (Å²) in [7, 11) is 1.75. The van der Waals surface area contributed by atoms with Crippen LogP contribution < -0.4 is 20.9 Å². The fourth-order valence-electron chi connectivity index (χ4n) is 3.54. The van der Waals surface area contributed by atoms with Crippen LogP contribution in [0.2, 0.25) is 5.02 Å². The van der Waals surface area contributed by atoms with Gasteiger partial charge in [-0.1, -0.05) is 48.0 Å². The molecule has 0 aliphatic rings. The second-order valence-electron chi connectivity index (χ2n) is 7.74. The Bertz CT molecular complexity index is 1440. The molecule has 35 heavy (non-hydrogen) atoms. The summed E-state index contributed by atoms with van der Waals surface area (Å²) in [6.45, 7) is 1.51. The summed E-state index contributed by atoms with van der Waals surface area (Å²) in [6, 6.07) is 22.4. The molecule has 4 aromatic rings.